The van der Waals surface area contributed by atoms with Crippen LogP contribution in [-0.2, 0) is 14.4 Å². The van der Waals surface area contributed by atoms with Gasteiger partial charge in [0.25, 0.3) is 0 Å². The third-order valence-corrected chi connectivity index (χ3v) is 4.56. The molecular formula is C16H15BrN2O3. The Bertz CT molecular complexity index is 628. The number of nitrogens with zero attached hydrogens (tertiary/aromatic N) is 1. The van der Waals surface area contributed by atoms with Crippen molar-refractivity contribution in [1.82, 2.24) is 4.90 Å². The van der Waals surface area contributed by atoms with Crippen molar-refractivity contribution in [3.05, 3.63) is 40.9 Å². The molecule has 0 aromatic heterocycles. The molecule has 114 valence electrons. The molecule has 0 radical (unpaired) electrons. The largest absolute Gasteiger partial charge is 0.325 e. The molecule has 1 fully saturated rings. The topological polar surface area (TPSA) is 66.5 Å². The zero-order chi connectivity index (χ0) is 15.7. The van der Waals surface area contributed by atoms with Crippen molar-refractivity contribution in [3.8, 4) is 0 Å². The van der Waals surface area contributed by atoms with Gasteiger partial charge >= 0.3 is 0 Å². The number of likely N-dealkylation sites (tertiary alicyclic amines) is 1. The summed E-state index contributed by atoms with van der Waals surface area (Å²) in [6.45, 7) is -0.221. The number of hydrogen-bond donors (Lipinski definition) is 1. The van der Waals surface area contributed by atoms with E-state index in [4.69, 9.17) is 0 Å². The van der Waals surface area contributed by atoms with Gasteiger partial charge in [-0.1, -0.05) is 28.1 Å². The molecule has 0 bridgehead atoms. The van der Waals surface area contributed by atoms with Gasteiger partial charge in [-0.25, -0.2) is 0 Å². The highest BCUT2D eigenvalue weighted by atomic mass is 79.9. The molecule has 5 nitrogen and oxygen atoms in total. The third kappa shape index (κ3) is 2.83. The van der Waals surface area contributed by atoms with E-state index in [2.05, 4.69) is 21.2 Å². The number of carbonyl (C=O) groups is 3. The summed E-state index contributed by atoms with van der Waals surface area (Å²) in [5.41, 5.74) is 0.631. The summed E-state index contributed by atoms with van der Waals surface area (Å²) >= 11 is 3.32. The Kier molecular flexibility index (Phi) is 4.11. The van der Waals surface area contributed by atoms with Crippen LogP contribution in [0.2, 0.25) is 0 Å². The van der Waals surface area contributed by atoms with Crippen molar-refractivity contribution in [2.45, 2.75) is 12.8 Å². The third-order valence-electron chi connectivity index (χ3n) is 4.03. The van der Waals surface area contributed by atoms with Gasteiger partial charge in [0.15, 0.2) is 0 Å². The molecule has 0 saturated carbocycles. The first-order chi connectivity index (χ1) is 10.6. The minimum Gasteiger partial charge on any atom is -0.325 e. The van der Waals surface area contributed by atoms with Crippen molar-refractivity contribution >= 4 is 39.3 Å². The number of allylic oxidation sites excluding steroid dienone is 2. The van der Waals surface area contributed by atoms with Crippen molar-refractivity contribution in [2.24, 2.45) is 11.8 Å². The van der Waals surface area contributed by atoms with Crippen molar-refractivity contribution in [1.29, 1.82) is 0 Å². The number of fused-ring (bicyclic) bond motifs is 1. The molecule has 3 amide bonds. The van der Waals surface area contributed by atoms with Crippen LogP contribution < -0.4 is 5.32 Å². The second-order valence-electron chi connectivity index (χ2n) is 5.47. The maximum Gasteiger partial charge on any atom is 0.244 e. The highest BCUT2D eigenvalue weighted by molar-refractivity contribution is 9.10. The first-order valence-electron chi connectivity index (χ1n) is 7.12. The second kappa shape index (κ2) is 6.04. The van der Waals surface area contributed by atoms with Gasteiger partial charge < -0.3 is 5.32 Å². The Hall–Kier alpha value is -1.95. The average Bonchev–Trinajstić information content (AvgIpc) is 2.75. The molecule has 3 rings (SSSR count). The SMILES string of the molecule is O=C(CN1C(=O)[C@H]2CC=CC[C@@H]2C1=O)Nc1ccc(Br)cc1. The van der Waals surface area contributed by atoms with Gasteiger partial charge in [-0.15, -0.1) is 0 Å². The van der Waals surface area contributed by atoms with E-state index in [0.717, 1.165) is 9.37 Å². The quantitative estimate of drug-likeness (QED) is 0.662. The fourth-order valence-electron chi connectivity index (χ4n) is 2.90. The maximum atomic E-state index is 12.3. The van der Waals surface area contributed by atoms with Gasteiger partial charge in [-0.05, 0) is 37.1 Å². The highest BCUT2D eigenvalue weighted by Crippen LogP contribution is 2.34. The molecule has 1 aliphatic heterocycles. The molecule has 6 heteroatoms. The molecular weight excluding hydrogens is 348 g/mol. The summed E-state index contributed by atoms with van der Waals surface area (Å²) in [6, 6.07) is 7.11. The van der Waals surface area contributed by atoms with Gasteiger partial charge in [0.05, 0.1) is 11.8 Å². The molecule has 2 aliphatic rings. The molecule has 1 saturated heterocycles. The summed E-state index contributed by atoms with van der Waals surface area (Å²) < 4.78 is 0.909. The average molecular weight is 363 g/mol. The minimum atomic E-state index is -0.365. The highest BCUT2D eigenvalue weighted by Gasteiger charge is 2.47. The van der Waals surface area contributed by atoms with E-state index in [9.17, 15) is 14.4 Å². The summed E-state index contributed by atoms with van der Waals surface area (Å²) in [4.78, 5) is 37.7. The molecule has 22 heavy (non-hydrogen) atoms. The summed E-state index contributed by atoms with van der Waals surface area (Å²) in [6.07, 6.45) is 5.02. The fraction of sp³-hybridized carbons (Fsp3) is 0.312. The number of benzene rings is 1. The van der Waals surface area contributed by atoms with Crippen LogP contribution >= 0.6 is 15.9 Å². The van der Waals surface area contributed by atoms with Crippen LogP contribution in [0, 0.1) is 11.8 Å². The van der Waals surface area contributed by atoms with Crippen LogP contribution in [0.25, 0.3) is 0 Å². The number of hydrogen-bond acceptors (Lipinski definition) is 3. The first kappa shape index (κ1) is 15.0. The van der Waals surface area contributed by atoms with Crippen molar-refractivity contribution in [3.63, 3.8) is 0 Å². The van der Waals surface area contributed by atoms with Crippen molar-refractivity contribution in [2.75, 3.05) is 11.9 Å². The molecule has 0 unspecified atom stereocenters. The first-order valence-corrected chi connectivity index (χ1v) is 7.91. The fourth-order valence-corrected chi connectivity index (χ4v) is 3.17. The zero-order valence-electron chi connectivity index (χ0n) is 11.8. The lowest BCUT2D eigenvalue weighted by Crippen LogP contribution is -2.38. The predicted octanol–water partition coefficient (Wildman–Crippen LogP) is 2.34. The van der Waals surface area contributed by atoms with Crippen LogP contribution in [-0.4, -0.2) is 29.2 Å². The Morgan fingerprint density at radius 1 is 1.09 bits per heavy atom. The number of nitrogens with one attached hydrogen (secondary N) is 1. The number of rotatable bonds is 3. The van der Waals surface area contributed by atoms with Gasteiger partial charge in [-0.2, -0.15) is 0 Å². The normalized spacial score (nSPS) is 23.6. The van der Waals surface area contributed by atoms with E-state index in [1.807, 2.05) is 24.3 Å². The van der Waals surface area contributed by atoms with Crippen LogP contribution in [0.15, 0.2) is 40.9 Å². The lowest BCUT2D eigenvalue weighted by atomic mass is 9.85. The van der Waals surface area contributed by atoms with E-state index >= 15 is 0 Å². The monoisotopic (exact) mass is 362 g/mol. The van der Waals surface area contributed by atoms with Gasteiger partial charge in [0, 0.05) is 10.2 Å². The molecule has 1 N–H and O–H groups in total. The van der Waals surface area contributed by atoms with Crippen LogP contribution in [0.5, 0.6) is 0 Å². The Morgan fingerprint density at radius 2 is 1.64 bits per heavy atom. The smallest absolute Gasteiger partial charge is 0.244 e. The molecule has 1 heterocycles. The maximum absolute atomic E-state index is 12.3. The van der Waals surface area contributed by atoms with E-state index in [1.165, 1.54) is 0 Å². The number of anilines is 1. The number of imide groups is 1. The van der Waals surface area contributed by atoms with E-state index in [1.54, 1.807) is 12.1 Å². The van der Waals surface area contributed by atoms with Gasteiger partial charge in [0.2, 0.25) is 17.7 Å². The lowest BCUT2D eigenvalue weighted by molar-refractivity contribution is -0.142. The molecule has 0 spiro atoms. The van der Waals surface area contributed by atoms with Crippen LogP contribution in [0.3, 0.4) is 0 Å². The van der Waals surface area contributed by atoms with Gasteiger partial charge in [0.1, 0.15) is 6.54 Å². The molecule has 1 aromatic rings. The van der Waals surface area contributed by atoms with E-state index in [0.29, 0.717) is 18.5 Å². The number of halogens is 1. The second-order valence-corrected chi connectivity index (χ2v) is 6.39. The Morgan fingerprint density at radius 3 is 2.18 bits per heavy atom. The number of amides is 3. The van der Waals surface area contributed by atoms with Gasteiger partial charge in [-0.3, -0.25) is 19.3 Å². The van der Waals surface area contributed by atoms with Crippen LogP contribution in [0.1, 0.15) is 12.8 Å². The predicted molar refractivity (Wildman–Crippen MR) is 84.8 cm³/mol. The van der Waals surface area contributed by atoms with Crippen LogP contribution in [0.4, 0.5) is 5.69 Å². The van der Waals surface area contributed by atoms with E-state index < -0.39 is 0 Å². The summed E-state index contributed by atoms with van der Waals surface area (Å²) in [5.74, 6) is -1.41. The zero-order valence-corrected chi connectivity index (χ0v) is 13.4. The lowest BCUT2D eigenvalue weighted by Gasteiger charge is -2.14. The molecule has 1 aliphatic carbocycles. The van der Waals surface area contributed by atoms with Crippen molar-refractivity contribution < 1.29 is 14.4 Å². The Labute approximate surface area is 136 Å². The standard InChI is InChI=1S/C16H15BrN2O3/c17-10-5-7-11(8-6-10)18-14(20)9-19-15(21)12-3-1-2-4-13(12)16(19)22/h1-2,5-8,12-13H,3-4,9H2,(H,18,20)/t12-,13-/m0/s1. The number of carbonyl (C=O) groups excluding carboxylic acids is 3. The summed E-state index contributed by atoms with van der Waals surface area (Å²) in [7, 11) is 0. The Balaban J connectivity index is 1.65. The van der Waals surface area contributed by atoms with E-state index in [-0.39, 0.29) is 36.1 Å². The minimum absolute atomic E-state index is 0.221. The molecule has 1 aromatic carbocycles. The molecule has 2 atom stereocenters. The summed E-state index contributed by atoms with van der Waals surface area (Å²) in [5, 5.41) is 2.70.